The first-order valence-corrected chi connectivity index (χ1v) is 7.55. The minimum absolute atomic E-state index is 0.0536. The molecule has 2 aliphatic rings. The van der Waals surface area contributed by atoms with E-state index in [4.69, 9.17) is 0 Å². The van der Waals surface area contributed by atoms with Crippen LogP contribution in [0.2, 0.25) is 0 Å². The Labute approximate surface area is 113 Å². The van der Waals surface area contributed by atoms with Gasteiger partial charge in [0, 0.05) is 19.3 Å². The molecule has 0 aromatic heterocycles. The van der Waals surface area contributed by atoms with Crippen molar-refractivity contribution in [2.75, 3.05) is 0 Å². The Morgan fingerprint density at radius 2 is 1.68 bits per heavy atom. The van der Waals surface area contributed by atoms with Crippen molar-refractivity contribution < 1.29 is 18.7 Å². The highest BCUT2D eigenvalue weighted by Gasteiger charge is 2.41. The first-order chi connectivity index (χ1) is 8.91. The smallest absolute Gasteiger partial charge is 0.248 e. The summed E-state index contributed by atoms with van der Waals surface area (Å²) in [6.07, 6.45) is 5.92. The van der Waals surface area contributed by atoms with Crippen LogP contribution in [0.5, 0.6) is 0 Å². The topological polar surface area (TPSA) is 37.3 Å². The standard InChI is InChI=1S/C15H24F2O2/c16-15(17)9-5-6-12(11-15)10-13(18)14(19)7-3-1-2-4-8-14/h12,19H,1-11H2. The van der Waals surface area contributed by atoms with Gasteiger partial charge in [-0.25, -0.2) is 8.78 Å². The van der Waals surface area contributed by atoms with Crippen LogP contribution >= 0.6 is 0 Å². The molecule has 1 N–H and O–H groups in total. The molecule has 1 atom stereocenters. The zero-order chi connectivity index (χ0) is 13.9. The van der Waals surface area contributed by atoms with Gasteiger partial charge in [-0.3, -0.25) is 4.79 Å². The van der Waals surface area contributed by atoms with Gasteiger partial charge in [0.2, 0.25) is 5.92 Å². The van der Waals surface area contributed by atoms with Crippen LogP contribution in [0.1, 0.15) is 70.6 Å². The minimum atomic E-state index is -2.62. The summed E-state index contributed by atoms with van der Waals surface area (Å²) in [5, 5.41) is 10.4. The first-order valence-electron chi connectivity index (χ1n) is 7.55. The fraction of sp³-hybridized carbons (Fsp3) is 0.933. The monoisotopic (exact) mass is 274 g/mol. The van der Waals surface area contributed by atoms with Crippen molar-refractivity contribution >= 4 is 5.78 Å². The number of alkyl halides is 2. The maximum Gasteiger partial charge on any atom is 0.248 e. The maximum absolute atomic E-state index is 13.3. The molecule has 2 saturated carbocycles. The number of carbonyl (C=O) groups excluding carboxylic acids is 1. The Morgan fingerprint density at radius 1 is 1.05 bits per heavy atom. The van der Waals surface area contributed by atoms with E-state index in [1.54, 1.807) is 0 Å². The molecule has 0 aliphatic heterocycles. The Morgan fingerprint density at radius 3 is 2.26 bits per heavy atom. The maximum atomic E-state index is 13.3. The summed E-state index contributed by atoms with van der Waals surface area (Å²) in [6.45, 7) is 0. The van der Waals surface area contributed by atoms with Gasteiger partial charge in [0.25, 0.3) is 0 Å². The number of hydrogen-bond acceptors (Lipinski definition) is 2. The average molecular weight is 274 g/mol. The van der Waals surface area contributed by atoms with Crippen LogP contribution in [-0.2, 0) is 4.79 Å². The molecule has 0 spiro atoms. The molecule has 2 nitrogen and oxygen atoms in total. The van der Waals surface area contributed by atoms with Crippen molar-refractivity contribution in [1.29, 1.82) is 0 Å². The summed E-state index contributed by atoms with van der Waals surface area (Å²) >= 11 is 0. The van der Waals surface area contributed by atoms with Crippen LogP contribution in [0.25, 0.3) is 0 Å². The highest BCUT2D eigenvalue weighted by atomic mass is 19.3. The van der Waals surface area contributed by atoms with E-state index in [1.165, 1.54) is 0 Å². The van der Waals surface area contributed by atoms with Gasteiger partial charge in [-0.1, -0.05) is 25.7 Å². The van der Waals surface area contributed by atoms with E-state index in [2.05, 4.69) is 0 Å². The Kier molecular flexibility index (Phi) is 4.59. The number of hydrogen-bond donors (Lipinski definition) is 1. The molecule has 0 aromatic carbocycles. The molecular formula is C15H24F2O2. The third-order valence-corrected chi connectivity index (χ3v) is 4.67. The fourth-order valence-electron chi connectivity index (χ4n) is 3.49. The molecule has 1 unspecified atom stereocenters. The largest absolute Gasteiger partial charge is 0.382 e. The van der Waals surface area contributed by atoms with Gasteiger partial charge in [0.1, 0.15) is 5.60 Å². The normalized spacial score (nSPS) is 30.6. The average Bonchev–Trinajstić information content (AvgIpc) is 2.54. The molecule has 110 valence electrons. The van der Waals surface area contributed by atoms with Gasteiger partial charge in [-0.05, 0) is 31.6 Å². The molecule has 2 fully saturated rings. The van der Waals surface area contributed by atoms with E-state index in [9.17, 15) is 18.7 Å². The van der Waals surface area contributed by atoms with E-state index in [0.29, 0.717) is 25.7 Å². The van der Waals surface area contributed by atoms with E-state index in [-0.39, 0.29) is 31.0 Å². The zero-order valence-corrected chi connectivity index (χ0v) is 11.5. The van der Waals surface area contributed by atoms with Crippen molar-refractivity contribution in [3.05, 3.63) is 0 Å². The molecule has 0 heterocycles. The van der Waals surface area contributed by atoms with E-state index in [1.807, 2.05) is 0 Å². The predicted octanol–water partition coefficient (Wildman–Crippen LogP) is 3.86. The SMILES string of the molecule is O=C(CC1CCCC(F)(F)C1)C1(O)CCCCCC1. The summed E-state index contributed by atoms with van der Waals surface area (Å²) < 4.78 is 26.7. The molecular weight excluding hydrogens is 250 g/mol. The van der Waals surface area contributed by atoms with Crippen LogP contribution in [0.3, 0.4) is 0 Å². The van der Waals surface area contributed by atoms with Crippen molar-refractivity contribution in [2.24, 2.45) is 5.92 Å². The number of ketones is 1. The summed E-state index contributed by atoms with van der Waals surface area (Å²) in [5.74, 6) is -3.06. The highest BCUT2D eigenvalue weighted by molar-refractivity contribution is 5.87. The lowest BCUT2D eigenvalue weighted by atomic mass is 9.79. The van der Waals surface area contributed by atoms with Crippen LogP contribution in [0, 0.1) is 5.92 Å². The Hall–Kier alpha value is -0.510. The van der Waals surface area contributed by atoms with Crippen LogP contribution in [0.15, 0.2) is 0 Å². The number of carbonyl (C=O) groups is 1. The predicted molar refractivity (Wildman–Crippen MR) is 69.2 cm³/mol. The second kappa shape index (κ2) is 5.86. The fourth-order valence-corrected chi connectivity index (χ4v) is 3.49. The first kappa shape index (κ1) is 14.9. The third-order valence-electron chi connectivity index (χ3n) is 4.67. The molecule has 4 heteroatoms. The molecule has 19 heavy (non-hydrogen) atoms. The Balaban J connectivity index is 1.92. The van der Waals surface area contributed by atoms with Crippen molar-refractivity contribution in [2.45, 2.75) is 82.2 Å². The number of rotatable bonds is 3. The lowest BCUT2D eigenvalue weighted by Crippen LogP contribution is -2.40. The van der Waals surface area contributed by atoms with Gasteiger partial charge in [-0.15, -0.1) is 0 Å². The van der Waals surface area contributed by atoms with E-state index < -0.39 is 11.5 Å². The van der Waals surface area contributed by atoms with Crippen molar-refractivity contribution in [3.8, 4) is 0 Å². The Bertz CT molecular complexity index is 320. The van der Waals surface area contributed by atoms with E-state index >= 15 is 0 Å². The zero-order valence-electron chi connectivity index (χ0n) is 11.5. The second-order valence-electron chi connectivity index (χ2n) is 6.39. The van der Waals surface area contributed by atoms with Gasteiger partial charge in [0.15, 0.2) is 5.78 Å². The molecule has 2 aliphatic carbocycles. The lowest BCUT2D eigenvalue weighted by molar-refractivity contribution is -0.141. The summed E-state index contributed by atoms with van der Waals surface area (Å²) in [4.78, 5) is 12.3. The molecule has 2 rings (SSSR count). The number of aliphatic hydroxyl groups is 1. The summed E-state index contributed by atoms with van der Waals surface area (Å²) in [6, 6.07) is 0. The van der Waals surface area contributed by atoms with Gasteiger partial charge in [-0.2, -0.15) is 0 Å². The van der Waals surface area contributed by atoms with Crippen LogP contribution in [-0.4, -0.2) is 22.4 Å². The minimum Gasteiger partial charge on any atom is -0.382 e. The van der Waals surface area contributed by atoms with Gasteiger partial charge < -0.3 is 5.11 Å². The summed E-state index contributed by atoms with van der Waals surface area (Å²) in [7, 11) is 0. The highest BCUT2D eigenvalue weighted by Crippen LogP contribution is 2.39. The van der Waals surface area contributed by atoms with Crippen molar-refractivity contribution in [3.63, 3.8) is 0 Å². The summed E-state index contributed by atoms with van der Waals surface area (Å²) in [5.41, 5.74) is -1.23. The van der Waals surface area contributed by atoms with Crippen molar-refractivity contribution in [1.82, 2.24) is 0 Å². The number of halogens is 2. The molecule has 0 amide bonds. The van der Waals surface area contributed by atoms with Gasteiger partial charge in [0.05, 0.1) is 0 Å². The van der Waals surface area contributed by atoms with Crippen LogP contribution in [0.4, 0.5) is 8.78 Å². The van der Waals surface area contributed by atoms with Gasteiger partial charge >= 0.3 is 0 Å². The van der Waals surface area contributed by atoms with E-state index in [0.717, 1.165) is 25.7 Å². The molecule has 0 saturated heterocycles. The second-order valence-corrected chi connectivity index (χ2v) is 6.39. The third kappa shape index (κ3) is 3.98. The molecule has 0 bridgehead atoms. The lowest BCUT2D eigenvalue weighted by Gasteiger charge is -2.31. The van der Waals surface area contributed by atoms with Crippen LogP contribution < -0.4 is 0 Å². The quantitative estimate of drug-likeness (QED) is 0.793. The molecule has 0 aromatic rings. The number of Topliss-reactive ketones (excluding diaryl/α,β-unsaturated/α-hetero) is 1. The molecule has 0 radical (unpaired) electrons.